The third kappa shape index (κ3) is 1.81. The van der Waals surface area contributed by atoms with Crippen LogP contribution in [-0.2, 0) is 10.0 Å². The van der Waals surface area contributed by atoms with Gasteiger partial charge in [-0.1, -0.05) is 36.0 Å². The number of benzene rings is 2. The number of anilines is 1. The average Bonchev–Trinajstić information content (AvgIpc) is 2.42. The SMILES string of the molecule is O=S1(=O)Nc2ccccc2Sc2ccccc21. The molecular weight excluding hydrogens is 254 g/mol. The van der Waals surface area contributed by atoms with Crippen LogP contribution in [0.4, 0.5) is 5.69 Å². The molecule has 1 N–H and O–H groups in total. The topological polar surface area (TPSA) is 46.2 Å². The van der Waals surface area contributed by atoms with Gasteiger partial charge in [0.15, 0.2) is 0 Å². The number of hydrogen-bond donors (Lipinski definition) is 1. The Balaban J connectivity index is 2.28. The first kappa shape index (κ1) is 10.7. The van der Waals surface area contributed by atoms with Crippen molar-refractivity contribution < 1.29 is 8.42 Å². The third-order valence-electron chi connectivity index (χ3n) is 2.49. The van der Waals surface area contributed by atoms with Crippen LogP contribution in [0.1, 0.15) is 0 Å². The van der Waals surface area contributed by atoms with E-state index in [1.165, 1.54) is 11.8 Å². The Hall–Kier alpha value is -1.46. The van der Waals surface area contributed by atoms with E-state index < -0.39 is 10.0 Å². The molecule has 5 heteroatoms. The zero-order valence-electron chi connectivity index (χ0n) is 8.75. The summed E-state index contributed by atoms with van der Waals surface area (Å²) in [6.45, 7) is 0. The first-order valence-electron chi connectivity index (χ1n) is 5.05. The van der Waals surface area contributed by atoms with Crippen molar-refractivity contribution in [1.82, 2.24) is 0 Å². The van der Waals surface area contributed by atoms with Gasteiger partial charge in [-0.3, -0.25) is 4.72 Å². The molecule has 0 atom stereocenters. The smallest absolute Gasteiger partial charge is 0.263 e. The minimum Gasteiger partial charge on any atom is -0.278 e. The second-order valence-corrected chi connectivity index (χ2v) is 6.39. The van der Waals surface area contributed by atoms with Gasteiger partial charge in [0.2, 0.25) is 0 Å². The molecule has 0 unspecified atom stereocenters. The predicted octanol–water partition coefficient (Wildman–Crippen LogP) is 2.95. The maximum atomic E-state index is 12.1. The largest absolute Gasteiger partial charge is 0.278 e. The maximum absolute atomic E-state index is 12.1. The molecule has 0 saturated carbocycles. The zero-order chi connectivity index (χ0) is 11.9. The van der Waals surface area contributed by atoms with E-state index in [9.17, 15) is 8.42 Å². The Labute approximate surface area is 104 Å². The van der Waals surface area contributed by atoms with E-state index in [1.807, 2.05) is 30.3 Å². The fraction of sp³-hybridized carbons (Fsp3) is 0. The van der Waals surface area contributed by atoms with E-state index in [1.54, 1.807) is 18.2 Å². The van der Waals surface area contributed by atoms with Gasteiger partial charge in [0, 0.05) is 9.79 Å². The summed E-state index contributed by atoms with van der Waals surface area (Å²) in [6.07, 6.45) is 0. The second-order valence-electron chi connectivity index (χ2n) is 3.65. The van der Waals surface area contributed by atoms with Gasteiger partial charge < -0.3 is 0 Å². The summed E-state index contributed by atoms with van der Waals surface area (Å²) >= 11 is 1.46. The fourth-order valence-electron chi connectivity index (χ4n) is 1.71. The lowest BCUT2D eigenvalue weighted by Crippen LogP contribution is -2.12. The molecule has 0 saturated heterocycles. The molecule has 1 aliphatic rings. The van der Waals surface area contributed by atoms with Gasteiger partial charge in [0.1, 0.15) is 4.90 Å². The van der Waals surface area contributed by atoms with Crippen LogP contribution in [0.5, 0.6) is 0 Å². The highest BCUT2D eigenvalue weighted by molar-refractivity contribution is 8.01. The van der Waals surface area contributed by atoms with E-state index in [-0.39, 0.29) is 0 Å². The lowest BCUT2D eigenvalue weighted by atomic mass is 10.3. The van der Waals surface area contributed by atoms with E-state index in [2.05, 4.69) is 4.72 Å². The van der Waals surface area contributed by atoms with Crippen LogP contribution >= 0.6 is 11.8 Å². The number of rotatable bonds is 0. The predicted molar refractivity (Wildman–Crippen MR) is 67.8 cm³/mol. The van der Waals surface area contributed by atoms with E-state index in [0.717, 1.165) is 9.79 Å². The first-order chi connectivity index (χ1) is 8.17. The minimum atomic E-state index is -3.46. The summed E-state index contributed by atoms with van der Waals surface area (Å²) in [6, 6.07) is 14.4. The van der Waals surface area contributed by atoms with Crippen LogP contribution in [0.3, 0.4) is 0 Å². The molecule has 0 bridgehead atoms. The molecule has 2 aromatic carbocycles. The molecule has 0 amide bonds. The Kier molecular flexibility index (Phi) is 2.38. The summed E-state index contributed by atoms with van der Waals surface area (Å²) in [5.74, 6) is 0. The lowest BCUT2D eigenvalue weighted by molar-refractivity contribution is 0.599. The molecule has 17 heavy (non-hydrogen) atoms. The number of nitrogens with one attached hydrogen (secondary N) is 1. The summed E-state index contributed by atoms with van der Waals surface area (Å²) in [5.41, 5.74) is 0.633. The highest BCUT2D eigenvalue weighted by atomic mass is 32.2. The van der Waals surface area contributed by atoms with Crippen LogP contribution < -0.4 is 4.72 Å². The third-order valence-corrected chi connectivity index (χ3v) is 5.19. The van der Waals surface area contributed by atoms with Crippen molar-refractivity contribution in [3.05, 3.63) is 48.5 Å². The normalized spacial score (nSPS) is 16.2. The number of para-hydroxylation sites is 1. The average molecular weight is 263 g/mol. The van der Waals surface area contributed by atoms with E-state index >= 15 is 0 Å². The fourth-order valence-corrected chi connectivity index (χ4v) is 4.33. The molecule has 0 aliphatic carbocycles. The second kappa shape index (κ2) is 3.78. The summed E-state index contributed by atoms with van der Waals surface area (Å²) in [5, 5.41) is 0. The molecule has 0 spiro atoms. The van der Waals surface area contributed by atoms with Crippen LogP contribution in [0.25, 0.3) is 0 Å². The number of sulfonamides is 1. The molecular formula is C12H9NO2S2. The Morgan fingerprint density at radius 3 is 2.35 bits per heavy atom. The van der Waals surface area contributed by atoms with Crippen molar-refractivity contribution >= 4 is 27.5 Å². The Bertz CT molecular complexity index is 680. The molecule has 3 rings (SSSR count). The molecule has 1 heterocycles. The van der Waals surface area contributed by atoms with Gasteiger partial charge >= 0.3 is 0 Å². The van der Waals surface area contributed by atoms with Gasteiger partial charge in [-0.15, -0.1) is 0 Å². The quantitative estimate of drug-likeness (QED) is 0.795. The van der Waals surface area contributed by atoms with Crippen LogP contribution in [0, 0.1) is 0 Å². The minimum absolute atomic E-state index is 0.334. The van der Waals surface area contributed by atoms with Crippen LogP contribution in [0.15, 0.2) is 63.2 Å². The van der Waals surface area contributed by atoms with Gasteiger partial charge in [-0.05, 0) is 24.3 Å². The van der Waals surface area contributed by atoms with Crippen molar-refractivity contribution in [2.45, 2.75) is 14.7 Å². The van der Waals surface area contributed by atoms with Crippen molar-refractivity contribution in [3.63, 3.8) is 0 Å². The van der Waals surface area contributed by atoms with Gasteiger partial charge in [0.05, 0.1) is 5.69 Å². The maximum Gasteiger partial charge on any atom is 0.263 e. The van der Waals surface area contributed by atoms with Crippen LogP contribution in [-0.4, -0.2) is 8.42 Å². The van der Waals surface area contributed by atoms with Crippen molar-refractivity contribution in [1.29, 1.82) is 0 Å². The Morgan fingerprint density at radius 1 is 0.882 bits per heavy atom. The Morgan fingerprint density at radius 2 is 1.53 bits per heavy atom. The van der Waals surface area contributed by atoms with Gasteiger partial charge in [0.25, 0.3) is 10.0 Å². The van der Waals surface area contributed by atoms with Crippen LogP contribution in [0.2, 0.25) is 0 Å². The monoisotopic (exact) mass is 263 g/mol. The van der Waals surface area contributed by atoms with Gasteiger partial charge in [-0.2, -0.15) is 0 Å². The molecule has 2 aromatic rings. The molecule has 86 valence electrons. The standard InChI is InChI=1S/C12H9NO2S2/c14-17(15)12-8-4-3-7-11(12)16-10-6-2-1-5-9(10)13-17/h1-8,13H. The number of hydrogen-bond acceptors (Lipinski definition) is 3. The van der Waals surface area contributed by atoms with E-state index in [4.69, 9.17) is 0 Å². The molecule has 0 radical (unpaired) electrons. The molecule has 0 fully saturated rings. The van der Waals surface area contributed by atoms with Crippen molar-refractivity contribution in [2.24, 2.45) is 0 Å². The summed E-state index contributed by atoms with van der Waals surface area (Å²) < 4.78 is 26.9. The summed E-state index contributed by atoms with van der Waals surface area (Å²) in [7, 11) is -3.46. The molecule has 3 nitrogen and oxygen atoms in total. The molecule has 1 aliphatic heterocycles. The van der Waals surface area contributed by atoms with Crippen molar-refractivity contribution in [3.8, 4) is 0 Å². The zero-order valence-corrected chi connectivity index (χ0v) is 10.4. The highest BCUT2D eigenvalue weighted by Gasteiger charge is 2.24. The number of fused-ring (bicyclic) bond motifs is 2. The highest BCUT2D eigenvalue weighted by Crippen LogP contribution is 2.40. The van der Waals surface area contributed by atoms with Crippen molar-refractivity contribution in [2.75, 3.05) is 4.72 Å². The van der Waals surface area contributed by atoms with E-state index in [0.29, 0.717) is 10.6 Å². The van der Waals surface area contributed by atoms with Gasteiger partial charge in [-0.25, -0.2) is 8.42 Å². The molecule has 0 aromatic heterocycles. The lowest BCUT2D eigenvalue weighted by Gasteiger charge is -2.06. The first-order valence-corrected chi connectivity index (χ1v) is 7.35. The summed E-state index contributed by atoms with van der Waals surface area (Å²) in [4.78, 5) is 2.01.